The van der Waals surface area contributed by atoms with E-state index >= 15 is 0 Å². The smallest absolute Gasteiger partial charge is 0.159 e. The van der Waals surface area contributed by atoms with E-state index in [0.29, 0.717) is 12.6 Å². The molecule has 0 amide bonds. The van der Waals surface area contributed by atoms with Crippen LogP contribution in [-0.4, -0.2) is 27.9 Å². The minimum atomic E-state index is 0.297. The third-order valence-electron chi connectivity index (χ3n) is 2.61. The third kappa shape index (κ3) is 2.18. The highest BCUT2D eigenvalue weighted by molar-refractivity contribution is 5.02. The molecular weight excluding hydrogens is 192 g/mol. The average Bonchev–Trinajstić information content (AvgIpc) is 2.64. The van der Waals surface area contributed by atoms with Crippen molar-refractivity contribution in [1.82, 2.24) is 20.1 Å². The normalized spacial score (nSPS) is 20.3. The fourth-order valence-corrected chi connectivity index (χ4v) is 1.81. The van der Waals surface area contributed by atoms with Crippen LogP contribution in [-0.2, 0) is 17.9 Å². The SMILES string of the molecule is CCCOCc1nnc2n1CCNC2C. The summed E-state index contributed by atoms with van der Waals surface area (Å²) < 4.78 is 7.65. The molecule has 0 saturated heterocycles. The minimum absolute atomic E-state index is 0.297. The number of fused-ring (bicyclic) bond motifs is 1. The molecule has 0 fully saturated rings. The molecule has 0 bridgehead atoms. The summed E-state index contributed by atoms with van der Waals surface area (Å²) in [5.74, 6) is 1.98. The molecular formula is C10H18N4O. The number of ether oxygens (including phenoxy) is 1. The Hall–Kier alpha value is -0.940. The van der Waals surface area contributed by atoms with Crippen molar-refractivity contribution >= 4 is 0 Å². The zero-order valence-electron chi connectivity index (χ0n) is 9.36. The summed E-state index contributed by atoms with van der Waals surface area (Å²) in [5.41, 5.74) is 0. The first kappa shape index (κ1) is 10.6. The van der Waals surface area contributed by atoms with Gasteiger partial charge in [-0.1, -0.05) is 6.92 Å². The summed E-state index contributed by atoms with van der Waals surface area (Å²) in [6.07, 6.45) is 1.04. The van der Waals surface area contributed by atoms with Gasteiger partial charge in [-0.3, -0.25) is 0 Å². The zero-order chi connectivity index (χ0) is 10.7. The monoisotopic (exact) mass is 210 g/mol. The first-order valence-electron chi connectivity index (χ1n) is 5.56. The van der Waals surface area contributed by atoms with E-state index in [1.165, 1.54) is 0 Å². The Morgan fingerprint density at radius 1 is 1.53 bits per heavy atom. The molecule has 1 atom stereocenters. The van der Waals surface area contributed by atoms with Crippen molar-refractivity contribution in [2.75, 3.05) is 13.2 Å². The Kier molecular flexibility index (Phi) is 3.33. The average molecular weight is 210 g/mol. The summed E-state index contributed by atoms with van der Waals surface area (Å²) in [6, 6.07) is 0.297. The summed E-state index contributed by atoms with van der Waals surface area (Å²) in [7, 11) is 0. The Morgan fingerprint density at radius 2 is 2.40 bits per heavy atom. The molecule has 1 aliphatic heterocycles. The second-order valence-electron chi connectivity index (χ2n) is 3.85. The Bertz CT molecular complexity index is 323. The van der Waals surface area contributed by atoms with Crippen molar-refractivity contribution in [3.63, 3.8) is 0 Å². The summed E-state index contributed by atoms with van der Waals surface area (Å²) in [5, 5.41) is 11.7. The quantitative estimate of drug-likeness (QED) is 0.749. The molecule has 0 aliphatic carbocycles. The number of nitrogens with one attached hydrogen (secondary N) is 1. The molecule has 1 aliphatic rings. The Morgan fingerprint density at radius 3 is 3.20 bits per heavy atom. The van der Waals surface area contributed by atoms with Crippen molar-refractivity contribution in [3.05, 3.63) is 11.6 Å². The van der Waals surface area contributed by atoms with Crippen molar-refractivity contribution in [3.8, 4) is 0 Å². The standard InChI is InChI=1S/C10H18N4O/c1-3-6-15-7-9-12-13-10-8(2)11-4-5-14(9)10/h8,11H,3-7H2,1-2H3. The van der Waals surface area contributed by atoms with E-state index in [0.717, 1.165) is 37.8 Å². The van der Waals surface area contributed by atoms with Gasteiger partial charge in [-0.15, -0.1) is 10.2 Å². The van der Waals surface area contributed by atoms with E-state index in [2.05, 4.69) is 33.9 Å². The van der Waals surface area contributed by atoms with Crippen LogP contribution >= 0.6 is 0 Å². The van der Waals surface area contributed by atoms with Gasteiger partial charge in [0.25, 0.3) is 0 Å². The van der Waals surface area contributed by atoms with E-state index < -0.39 is 0 Å². The molecule has 2 heterocycles. The lowest BCUT2D eigenvalue weighted by atomic mass is 10.2. The van der Waals surface area contributed by atoms with Gasteiger partial charge in [0.1, 0.15) is 12.4 Å². The van der Waals surface area contributed by atoms with Crippen molar-refractivity contribution in [2.24, 2.45) is 0 Å². The van der Waals surface area contributed by atoms with Crippen LogP contribution in [0.3, 0.4) is 0 Å². The van der Waals surface area contributed by atoms with E-state index in [9.17, 15) is 0 Å². The van der Waals surface area contributed by atoms with Crippen LogP contribution < -0.4 is 5.32 Å². The molecule has 0 aromatic carbocycles. The van der Waals surface area contributed by atoms with Gasteiger partial charge >= 0.3 is 0 Å². The molecule has 2 rings (SSSR count). The van der Waals surface area contributed by atoms with Gasteiger partial charge in [-0.05, 0) is 13.3 Å². The van der Waals surface area contributed by atoms with E-state index in [1.807, 2.05) is 0 Å². The van der Waals surface area contributed by atoms with Crippen LogP contribution in [0.1, 0.15) is 38.0 Å². The third-order valence-corrected chi connectivity index (χ3v) is 2.61. The molecule has 0 radical (unpaired) electrons. The van der Waals surface area contributed by atoms with Gasteiger partial charge in [-0.2, -0.15) is 0 Å². The van der Waals surface area contributed by atoms with E-state index in [1.54, 1.807) is 0 Å². The number of hydrogen-bond acceptors (Lipinski definition) is 4. The van der Waals surface area contributed by atoms with E-state index in [-0.39, 0.29) is 0 Å². The topological polar surface area (TPSA) is 52.0 Å². The van der Waals surface area contributed by atoms with Crippen LogP contribution in [0.4, 0.5) is 0 Å². The Balaban J connectivity index is 2.06. The van der Waals surface area contributed by atoms with Crippen molar-refractivity contribution < 1.29 is 4.74 Å². The van der Waals surface area contributed by atoms with Crippen LogP contribution in [0.5, 0.6) is 0 Å². The fraction of sp³-hybridized carbons (Fsp3) is 0.800. The van der Waals surface area contributed by atoms with Crippen molar-refractivity contribution in [1.29, 1.82) is 0 Å². The van der Waals surface area contributed by atoms with E-state index in [4.69, 9.17) is 4.74 Å². The lowest BCUT2D eigenvalue weighted by Gasteiger charge is -2.21. The first-order chi connectivity index (χ1) is 7.33. The number of aromatic nitrogens is 3. The summed E-state index contributed by atoms with van der Waals surface area (Å²) in [4.78, 5) is 0. The molecule has 84 valence electrons. The maximum absolute atomic E-state index is 5.48. The zero-order valence-corrected chi connectivity index (χ0v) is 9.36. The molecule has 1 aromatic heterocycles. The molecule has 0 spiro atoms. The lowest BCUT2D eigenvalue weighted by molar-refractivity contribution is 0.112. The molecule has 1 aromatic rings. The van der Waals surface area contributed by atoms with Crippen molar-refractivity contribution in [2.45, 2.75) is 39.5 Å². The second kappa shape index (κ2) is 4.72. The van der Waals surface area contributed by atoms with Crippen LogP contribution in [0.25, 0.3) is 0 Å². The molecule has 1 N–H and O–H groups in total. The van der Waals surface area contributed by atoms with Crippen LogP contribution in [0.2, 0.25) is 0 Å². The Labute approximate surface area is 89.8 Å². The highest BCUT2D eigenvalue weighted by Crippen LogP contribution is 2.15. The number of rotatable bonds is 4. The lowest BCUT2D eigenvalue weighted by Crippen LogP contribution is -2.32. The van der Waals surface area contributed by atoms with Gasteiger partial charge in [0, 0.05) is 19.7 Å². The fourth-order valence-electron chi connectivity index (χ4n) is 1.81. The largest absolute Gasteiger partial charge is 0.373 e. The van der Waals surface area contributed by atoms with Gasteiger partial charge in [0.05, 0.1) is 6.04 Å². The second-order valence-corrected chi connectivity index (χ2v) is 3.85. The predicted octanol–water partition coefficient (Wildman–Crippen LogP) is 0.869. The molecule has 5 heteroatoms. The van der Waals surface area contributed by atoms with Gasteiger partial charge < -0.3 is 14.6 Å². The maximum Gasteiger partial charge on any atom is 0.159 e. The highest BCUT2D eigenvalue weighted by atomic mass is 16.5. The molecule has 5 nitrogen and oxygen atoms in total. The number of hydrogen-bond donors (Lipinski definition) is 1. The van der Waals surface area contributed by atoms with Gasteiger partial charge in [0.2, 0.25) is 0 Å². The first-order valence-corrected chi connectivity index (χ1v) is 5.56. The highest BCUT2D eigenvalue weighted by Gasteiger charge is 2.20. The summed E-state index contributed by atoms with van der Waals surface area (Å²) >= 11 is 0. The van der Waals surface area contributed by atoms with Gasteiger partial charge in [0.15, 0.2) is 5.82 Å². The minimum Gasteiger partial charge on any atom is -0.373 e. The van der Waals surface area contributed by atoms with Crippen LogP contribution in [0.15, 0.2) is 0 Å². The molecule has 1 unspecified atom stereocenters. The van der Waals surface area contributed by atoms with Crippen LogP contribution in [0, 0.1) is 0 Å². The predicted molar refractivity (Wildman–Crippen MR) is 56.4 cm³/mol. The molecule has 15 heavy (non-hydrogen) atoms. The maximum atomic E-state index is 5.48. The molecule has 0 saturated carbocycles. The summed E-state index contributed by atoms with van der Waals surface area (Å²) in [6.45, 7) is 7.50. The van der Waals surface area contributed by atoms with Gasteiger partial charge in [-0.25, -0.2) is 0 Å². The number of nitrogens with zero attached hydrogens (tertiary/aromatic N) is 3.